The maximum atomic E-state index is 13.4. The van der Waals surface area contributed by atoms with Gasteiger partial charge in [-0.15, -0.1) is 0 Å². The van der Waals surface area contributed by atoms with Crippen molar-refractivity contribution in [3.05, 3.63) is 0 Å². The van der Waals surface area contributed by atoms with E-state index in [1.807, 2.05) is 0 Å². The van der Waals surface area contributed by atoms with Crippen molar-refractivity contribution in [3.63, 3.8) is 0 Å². The van der Waals surface area contributed by atoms with Crippen LogP contribution in [0, 0.1) is 11.8 Å². The average Bonchev–Trinajstić information content (AvgIpc) is 2.45. The lowest BCUT2D eigenvalue weighted by Crippen LogP contribution is -2.42. The van der Waals surface area contributed by atoms with Crippen LogP contribution < -0.4 is 0 Å². The van der Waals surface area contributed by atoms with E-state index < -0.39 is 6.17 Å². The summed E-state index contributed by atoms with van der Waals surface area (Å²) in [6.45, 7) is 11.7. The van der Waals surface area contributed by atoms with Gasteiger partial charge in [-0.1, -0.05) is 27.7 Å². The van der Waals surface area contributed by atoms with Crippen LogP contribution >= 0.6 is 0 Å². The van der Waals surface area contributed by atoms with Gasteiger partial charge in [0.15, 0.2) is 0 Å². The first-order valence-electron chi connectivity index (χ1n) is 5.83. The second kappa shape index (κ2) is 4.61. The summed E-state index contributed by atoms with van der Waals surface area (Å²) in [5, 5.41) is 0. The van der Waals surface area contributed by atoms with Gasteiger partial charge in [-0.25, -0.2) is 4.39 Å². The fourth-order valence-electron chi connectivity index (χ4n) is 2.34. The number of rotatable bonds is 3. The van der Waals surface area contributed by atoms with E-state index in [-0.39, 0.29) is 0 Å². The first kappa shape index (κ1) is 12.0. The first-order chi connectivity index (χ1) is 6.43. The van der Waals surface area contributed by atoms with E-state index in [0.29, 0.717) is 30.5 Å². The van der Waals surface area contributed by atoms with Gasteiger partial charge in [-0.3, -0.25) is 4.90 Å². The zero-order valence-electron chi connectivity index (χ0n) is 10.1. The molecule has 0 N–H and O–H groups in total. The largest absolute Gasteiger partial charge is 0.294 e. The van der Waals surface area contributed by atoms with Crippen LogP contribution in [0.2, 0.25) is 0 Å². The molecule has 0 spiro atoms. The molecule has 0 aromatic rings. The highest BCUT2D eigenvalue weighted by molar-refractivity contribution is 4.90. The molecule has 2 heteroatoms. The fourth-order valence-corrected chi connectivity index (χ4v) is 2.34. The Morgan fingerprint density at radius 2 is 1.71 bits per heavy atom. The van der Waals surface area contributed by atoms with Gasteiger partial charge in [0.05, 0.1) is 0 Å². The molecular weight excluding hydrogens is 177 g/mol. The number of likely N-dealkylation sites (tertiary alicyclic amines) is 1. The van der Waals surface area contributed by atoms with E-state index in [4.69, 9.17) is 0 Å². The van der Waals surface area contributed by atoms with Crippen molar-refractivity contribution in [1.82, 2.24) is 4.90 Å². The van der Waals surface area contributed by atoms with Crippen molar-refractivity contribution >= 4 is 0 Å². The van der Waals surface area contributed by atoms with Crippen molar-refractivity contribution in [3.8, 4) is 0 Å². The molecule has 14 heavy (non-hydrogen) atoms. The highest BCUT2D eigenvalue weighted by atomic mass is 19.1. The lowest BCUT2D eigenvalue weighted by Gasteiger charge is -2.34. The van der Waals surface area contributed by atoms with Crippen LogP contribution in [-0.2, 0) is 0 Å². The molecule has 1 aliphatic rings. The Hall–Kier alpha value is -0.110. The van der Waals surface area contributed by atoms with Gasteiger partial charge in [0.25, 0.3) is 0 Å². The summed E-state index contributed by atoms with van der Waals surface area (Å²) < 4.78 is 13.4. The fraction of sp³-hybridized carbons (Fsp3) is 1.00. The Bertz CT molecular complexity index is 179. The monoisotopic (exact) mass is 201 g/mol. The van der Waals surface area contributed by atoms with E-state index in [9.17, 15) is 4.39 Å². The van der Waals surface area contributed by atoms with Gasteiger partial charge in [0.1, 0.15) is 6.17 Å². The van der Waals surface area contributed by atoms with Crippen molar-refractivity contribution in [2.75, 3.05) is 6.54 Å². The molecular formula is C12H24FN. The molecule has 0 amide bonds. The van der Waals surface area contributed by atoms with Gasteiger partial charge < -0.3 is 0 Å². The van der Waals surface area contributed by atoms with E-state index in [1.54, 1.807) is 0 Å². The minimum absolute atomic E-state index is 0.447. The summed E-state index contributed by atoms with van der Waals surface area (Å²) >= 11 is 0. The third-order valence-electron chi connectivity index (χ3n) is 3.59. The van der Waals surface area contributed by atoms with Gasteiger partial charge in [-0.05, 0) is 25.2 Å². The minimum atomic E-state index is -0.608. The van der Waals surface area contributed by atoms with Crippen LogP contribution in [-0.4, -0.2) is 29.7 Å². The van der Waals surface area contributed by atoms with Crippen molar-refractivity contribution in [2.24, 2.45) is 11.8 Å². The van der Waals surface area contributed by atoms with Gasteiger partial charge in [0, 0.05) is 18.6 Å². The zero-order valence-corrected chi connectivity index (χ0v) is 10.1. The molecule has 0 aromatic heterocycles. The molecule has 1 aliphatic heterocycles. The molecule has 0 aromatic carbocycles. The number of hydrogen-bond acceptors (Lipinski definition) is 1. The summed E-state index contributed by atoms with van der Waals surface area (Å²) in [6, 6.07) is 0.950. The van der Waals surface area contributed by atoms with Crippen LogP contribution in [0.25, 0.3) is 0 Å². The minimum Gasteiger partial charge on any atom is -0.294 e. The van der Waals surface area contributed by atoms with Gasteiger partial charge in [-0.2, -0.15) is 0 Å². The lowest BCUT2D eigenvalue weighted by molar-refractivity contribution is 0.122. The molecule has 1 rings (SSSR count). The summed E-state index contributed by atoms with van der Waals surface area (Å²) in [5.74, 6) is 1.18. The molecule has 1 nitrogen and oxygen atoms in total. The molecule has 1 fully saturated rings. The van der Waals surface area contributed by atoms with E-state index in [1.165, 1.54) is 0 Å². The van der Waals surface area contributed by atoms with Gasteiger partial charge >= 0.3 is 0 Å². The quantitative estimate of drug-likeness (QED) is 0.678. The van der Waals surface area contributed by atoms with Crippen LogP contribution in [0.3, 0.4) is 0 Å². The van der Waals surface area contributed by atoms with Crippen molar-refractivity contribution in [1.29, 1.82) is 0 Å². The topological polar surface area (TPSA) is 3.24 Å². The van der Waals surface area contributed by atoms with Crippen LogP contribution in [0.1, 0.15) is 41.0 Å². The second-order valence-corrected chi connectivity index (χ2v) is 5.33. The van der Waals surface area contributed by atoms with Crippen LogP contribution in [0.4, 0.5) is 4.39 Å². The summed E-state index contributed by atoms with van der Waals surface area (Å²) in [5.41, 5.74) is 0. The van der Waals surface area contributed by atoms with Crippen molar-refractivity contribution in [2.45, 2.75) is 59.3 Å². The molecule has 0 bridgehead atoms. The lowest BCUT2D eigenvalue weighted by atomic mass is 9.98. The molecule has 0 saturated carbocycles. The highest BCUT2D eigenvalue weighted by Gasteiger charge is 2.37. The molecule has 1 heterocycles. The maximum Gasteiger partial charge on any atom is 0.114 e. The van der Waals surface area contributed by atoms with Gasteiger partial charge in [0.2, 0.25) is 0 Å². The molecule has 1 saturated heterocycles. The number of halogens is 1. The normalized spacial score (nSPS) is 31.7. The predicted molar refractivity (Wildman–Crippen MR) is 59.1 cm³/mol. The summed E-state index contributed by atoms with van der Waals surface area (Å²) in [6.07, 6.45) is 0.123. The zero-order chi connectivity index (χ0) is 10.9. The average molecular weight is 201 g/mol. The number of alkyl halides is 1. The highest BCUT2D eigenvalue weighted by Crippen LogP contribution is 2.29. The molecule has 0 aliphatic carbocycles. The Labute approximate surface area is 87.7 Å². The summed E-state index contributed by atoms with van der Waals surface area (Å²) in [7, 11) is 0. The Balaban J connectivity index is 2.66. The van der Waals surface area contributed by atoms with Crippen molar-refractivity contribution < 1.29 is 4.39 Å². The van der Waals surface area contributed by atoms with E-state index in [0.717, 1.165) is 6.42 Å². The Morgan fingerprint density at radius 3 is 2.14 bits per heavy atom. The first-order valence-corrected chi connectivity index (χ1v) is 5.83. The smallest absolute Gasteiger partial charge is 0.114 e. The standard InChI is InChI=1S/C12H24FN/c1-8(2)10(5)14-7-11(13)6-12(14)9(3)4/h8-12H,6-7H2,1-5H3. The van der Waals surface area contributed by atoms with Crippen LogP contribution in [0.5, 0.6) is 0 Å². The number of hydrogen-bond donors (Lipinski definition) is 0. The third-order valence-corrected chi connectivity index (χ3v) is 3.59. The Morgan fingerprint density at radius 1 is 1.14 bits per heavy atom. The molecule has 0 radical (unpaired) electrons. The molecule has 84 valence electrons. The second-order valence-electron chi connectivity index (χ2n) is 5.33. The predicted octanol–water partition coefficient (Wildman–Crippen LogP) is 3.10. The molecule has 3 unspecified atom stereocenters. The third kappa shape index (κ3) is 2.47. The SMILES string of the molecule is CC(C)C(C)N1CC(F)CC1C(C)C. The maximum absolute atomic E-state index is 13.4. The van der Waals surface area contributed by atoms with E-state index in [2.05, 4.69) is 39.5 Å². The number of nitrogens with zero attached hydrogens (tertiary/aromatic N) is 1. The summed E-state index contributed by atoms with van der Waals surface area (Å²) in [4.78, 5) is 2.36. The van der Waals surface area contributed by atoms with E-state index >= 15 is 0 Å². The van der Waals surface area contributed by atoms with Crippen LogP contribution in [0.15, 0.2) is 0 Å². The molecule has 3 atom stereocenters. The Kier molecular flexibility index (Phi) is 3.94.